The average molecular weight is 922 g/mol. The van der Waals surface area contributed by atoms with Gasteiger partial charge in [-0.05, 0) is 55.5 Å². The van der Waals surface area contributed by atoms with Crippen molar-refractivity contribution >= 4 is 59.4 Å². The number of nitrogens with zero attached hydrogens (tertiary/aromatic N) is 4. The van der Waals surface area contributed by atoms with Gasteiger partial charge < -0.3 is 18.4 Å². The molecule has 0 saturated carbocycles. The summed E-state index contributed by atoms with van der Waals surface area (Å²) in [6, 6.07) is 45.6. The first kappa shape index (κ1) is 37.7. The van der Waals surface area contributed by atoms with Crippen molar-refractivity contribution in [2.75, 3.05) is 0 Å². The van der Waals surface area contributed by atoms with Gasteiger partial charge >= 0.3 is 0 Å². The summed E-state index contributed by atoms with van der Waals surface area (Å²) in [7, 11) is -3.34. The number of para-hydroxylation sites is 3. The van der Waals surface area contributed by atoms with Gasteiger partial charge in [-0.25, -0.2) is 4.98 Å². The van der Waals surface area contributed by atoms with Crippen molar-refractivity contribution in [1.29, 1.82) is 0 Å². The molecular weight excluding hydrogens is 876 g/mol. The second kappa shape index (κ2) is 13.9. The van der Waals surface area contributed by atoms with Crippen LogP contribution in [0.5, 0.6) is 11.5 Å². The maximum Gasteiger partial charge on any atom is 0.243 e. The number of rotatable bonds is 7. The van der Waals surface area contributed by atoms with Crippen molar-refractivity contribution in [3.8, 4) is 34.1 Å². The Kier molecular flexibility index (Phi) is 9.74. The van der Waals surface area contributed by atoms with Gasteiger partial charge in [-0.15, -0.1) is 29.7 Å². The normalized spacial score (nSPS) is 12.4. The fraction of sp³-hybridized carbons (Fsp3) is 0.217. The number of imidazole rings is 1. The van der Waals surface area contributed by atoms with E-state index < -0.39 is 16.1 Å². The van der Waals surface area contributed by atoms with Crippen LogP contribution in [-0.2, 0) is 26.6 Å². The van der Waals surface area contributed by atoms with Crippen LogP contribution in [0.15, 0.2) is 115 Å². The van der Waals surface area contributed by atoms with E-state index in [9.17, 15) is 0 Å². The SMILES string of the molecule is CC(C)(C)[n+]1[c-]n(-c2[c-]c(Oc3[c-]c4c(cc3)c3ccccc3n4-c3cc(-c4c([Si](C)(C)C)cccc4[Si](C)(C)C)ccn3)ccc2)c2ccccc21.[Pt]. The number of benzene rings is 5. The third-order valence-electron chi connectivity index (χ3n) is 9.95. The maximum atomic E-state index is 6.55. The molecule has 8 aromatic rings. The molecule has 0 atom stereocenters. The Morgan fingerprint density at radius 1 is 0.667 bits per heavy atom. The van der Waals surface area contributed by atoms with Gasteiger partial charge in [-0.3, -0.25) is 0 Å². The molecule has 0 aliphatic carbocycles. The molecule has 0 spiro atoms. The van der Waals surface area contributed by atoms with E-state index >= 15 is 0 Å². The zero-order valence-electron chi connectivity index (χ0n) is 32.5. The van der Waals surface area contributed by atoms with Crippen LogP contribution < -0.4 is 19.7 Å². The Hall–Kier alpha value is -4.56. The first-order valence-corrected chi connectivity index (χ1v) is 25.4. The number of pyridine rings is 1. The van der Waals surface area contributed by atoms with Gasteiger partial charge in [-0.2, -0.15) is 18.2 Å². The van der Waals surface area contributed by atoms with Crippen molar-refractivity contribution in [3.63, 3.8) is 0 Å². The number of fused-ring (bicyclic) bond motifs is 4. The molecule has 8 rings (SSSR count). The zero-order chi connectivity index (χ0) is 37.3. The summed E-state index contributed by atoms with van der Waals surface area (Å²) < 4.78 is 13.0. The van der Waals surface area contributed by atoms with Gasteiger partial charge in [-0.1, -0.05) is 122 Å². The number of hydrogen-bond acceptors (Lipinski definition) is 2. The second-order valence-corrected chi connectivity index (χ2v) is 27.1. The summed E-state index contributed by atoms with van der Waals surface area (Å²) in [5.74, 6) is 2.09. The molecule has 0 amide bonds. The quantitative estimate of drug-likeness (QED) is 0.0908. The standard InChI is InChI=1S/C46H46N4OSi2.Pt/c1-46(2,3)49-31-48(39-20-12-13-21-40(39)49)33-16-14-17-34(29-33)51-35-24-25-37-36-18-10-11-19-38(36)50(41(37)30-35)44-28-32(26-27-47-44)45-42(52(4,5)6)22-15-23-43(45)53(7,8)9;/h10-28H,1-9H3;/q-2;. The molecule has 0 fully saturated rings. The Balaban J connectivity index is 0.00000450. The maximum absolute atomic E-state index is 6.55. The summed E-state index contributed by atoms with van der Waals surface area (Å²) in [4.78, 5) is 5.00. The molecule has 3 heterocycles. The summed E-state index contributed by atoms with van der Waals surface area (Å²) in [5.41, 5.74) is 7.53. The molecular formula is C46H46N4OPtSi2-2. The van der Waals surface area contributed by atoms with Gasteiger partial charge in [0.15, 0.2) is 0 Å². The molecule has 276 valence electrons. The Morgan fingerprint density at radius 3 is 2.02 bits per heavy atom. The fourth-order valence-corrected chi connectivity index (χ4v) is 10.8. The van der Waals surface area contributed by atoms with E-state index in [1.54, 1.807) is 0 Å². The summed E-state index contributed by atoms with van der Waals surface area (Å²) >= 11 is 0. The van der Waals surface area contributed by atoms with E-state index in [0.717, 1.165) is 44.3 Å². The fourth-order valence-electron chi connectivity index (χ4n) is 7.47. The van der Waals surface area contributed by atoms with E-state index in [4.69, 9.17) is 9.72 Å². The largest absolute Gasteiger partial charge is 0.510 e. The Labute approximate surface area is 335 Å². The van der Waals surface area contributed by atoms with E-state index in [2.05, 4.69) is 177 Å². The van der Waals surface area contributed by atoms with E-state index in [0.29, 0.717) is 11.5 Å². The minimum Gasteiger partial charge on any atom is -0.510 e. The van der Waals surface area contributed by atoms with Crippen molar-refractivity contribution in [1.82, 2.24) is 14.1 Å². The van der Waals surface area contributed by atoms with Crippen molar-refractivity contribution in [3.05, 3.63) is 134 Å². The van der Waals surface area contributed by atoms with Crippen molar-refractivity contribution in [2.45, 2.75) is 65.6 Å². The van der Waals surface area contributed by atoms with Crippen LogP contribution in [0, 0.1) is 18.5 Å². The summed E-state index contributed by atoms with van der Waals surface area (Å²) in [6.07, 6.45) is 5.54. The van der Waals surface area contributed by atoms with Crippen LogP contribution >= 0.6 is 0 Å². The van der Waals surface area contributed by atoms with Crippen LogP contribution in [0.25, 0.3) is 55.5 Å². The molecule has 0 N–H and O–H groups in total. The molecule has 0 radical (unpaired) electrons. The number of ether oxygens (including phenoxy) is 1. The van der Waals surface area contributed by atoms with Gasteiger partial charge in [0.05, 0.1) is 32.7 Å². The Morgan fingerprint density at radius 2 is 1.31 bits per heavy atom. The molecule has 54 heavy (non-hydrogen) atoms. The smallest absolute Gasteiger partial charge is 0.243 e. The molecule has 5 nitrogen and oxygen atoms in total. The van der Waals surface area contributed by atoms with Gasteiger partial charge in [0.25, 0.3) is 0 Å². The molecule has 0 bridgehead atoms. The first-order valence-electron chi connectivity index (χ1n) is 18.4. The van der Waals surface area contributed by atoms with Gasteiger partial charge in [0.2, 0.25) is 6.33 Å². The molecule has 0 aliphatic rings. The van der Waals surface area contributed by atoms with Crippen LogP contribution in [0.1, 0.15) is 20.8 Å². The van der Waals surface area contributed by atoms with Crippen molar-refractivity contribution in [2.24, 2.45) is 0 Å². The predicted octanol–water partition coefficient (Wildman–Crippen LogP) is 10.1. The number of hydrogen-bond donors (Lipinski definition) is 0. The summed E-state index contributed by atoms with van der Waals surface area (Å²) in [6.45, 7) is 21.2. The van der Waals surface area contributed by atoms with Gasteiger partial charge in [0.1, 0.15) is 5.82 Å². The molecule has 3 aromatic heterocycles. The predicted molar refractivity (Wildman–Crippen MR) is 225 cm³/mol. The molecule has 0 saturated heterocycles. The second-order valence-electron chi connectivity index (χ2n) is 17.0. The number of aromatic nitrogens is 4. The first-order chi connectivity index (χ1) is 25.2. The molecule has 0 unspecified atom stereocenters. The summed E-state index contributed by atoms with van der Waals surface area (Å²) in [5, 5.41) is 5.24. The van der Waals surface area contributed by atoms with Crippen LogP contribution in [0.2, 0.25) is 39.3 Å². The monoisotopic (exact) mass is 921 g/mol. The minimum absolute atomic E-state index is 0. The van der Waals surface area contributed by atoms with E-state index in [1.165, 1.54) is 21.5 Å². The van der Waals surface area contributed by atoms with E-state index in [1.807, 2.05) is 30.5 Å². The molecule has 5 aromatic carbocycles. The third-order valence-corrected chi connectivity index (χ3v) is 14.0. The van der Waals surface area contributed by atoms with Crippen LogP contribution in [-0.4, -0.2) is 30.3 Å². The minimum atomic E-state index is -1.67. The molecule has 8 heteroatoms. The Bertz CT molecular complexity index is 2640. The topological polar surface area (TPSA) is 35.9 Å². The van der Waals surface area contributed by atoms with Gasteiger partial charge in [0, 0.05) is 44.3 Å². The zero-order valence-corrected chi connectivity index (χ0v) is 36.8. The van der Waals surface area contributed by atoms with Crippen LogP contribution in [0.3, 0.4) is 0 Å². The molecule has 0 aliphatic heterocycles. The van der Waals surface area contributed by atoms with E-state index in [-0.39, 0.29) is 26.6 Å². The third kappa shape index (κ3) is 6.83. The van der Waals surface area contributed by atoms with Crippen LogP contribution in [0.4, 0.5) is 0 Å². The average Bonchev–Trinajstić information content (AvgIpc) is 3.67. The van der Waals surface area contributed by atoms with Crippen molar-refractivity contribution < 1.29 is 30.4 Å².